The number of halogens is 3. The number of hydrogen-bond donors (Lipinski definition) is 0. The summed E-state index contributed by atoms with van der Waals surface area (Å²) in [5.74, 6) is 1.14. The molecule has 0 atom stereocenters. The van der Waals surface area contributed by atoms with Crippen LogP contribution in [-0.2, 0) is 12.3 Å². The molecule has 0 spiro atoms. The highest BCUT2D eigenvalue weighted by Gasteiger charge is 2.18. The van der Waals surface area contributed by atoms with E-state index in [0.29, 0.717) is 22.5 Å². The first-order valence-corrected chi connectivity index (χ1v) is 10.1. The first-order valence-electron chi connectivity index (χ1n) is 8.78. The van der Waals surface area contributed by atoms with Crippen molar-refractivity contribution in [3.05, 3.63) is 83.4 Å². The molecule has 0 N–H and O–H groups in total. The molecule has 2 heterocycles. The van der Waals surface area contributed by atoms with Crippen LogP contribution in [0.1, 0.15) is 17.9 Å². The van der Waals surface area contributed by atoms with Gasteiger partial charge in [0.25, 0.3) is 0 Å². The molecule has 5 nitrogen and oxygen atoms in total. The van der Waals surface area contributed by atoms with Gasteiger partial charge in [0.05, 0.1) is 17.3 Å². The minimum Gasteiger partial charge on any atom is -0.297 e. The van der Waals surface area contributed by atoms with E-state index in [-0.39, 0.29) is 11.6 Å². The zero-order valence-corrected chi connectivity index (χ0v) is 16.7. The number of rotatable bonds is 7. The van der Waals surface area contributed by atoms with Crippen LogP contribution < -0.4 is 0 Å². The molecule has 2 aromatic carbocycles. The predicted molar refractivity (Wildman–Crippen MR) is 109 cm³/mol. The third-order valence-electron chi connectivity index (χ3n) is 4.30. The summed E-state index contributed by atoms with van der Waals surface area (Å²) >= 11 is 7.68. The molecule has 9 heteroatoms. The van der Waals surface area contributed by atoms with Gasteiger partial charge in [-0.15, -0.1) is 10.2 Å². The summed E-state index contributed by atoms with van der Waals surface area (Å²) < 4.78 is 29.0. The van der Waals surface area contributed by atoms with E-state index < -0.39 is 6.55 Å². The van der Waals surface area contributed by atoms with E-state index in [1.807, 2.05) is 53.1 Å². The quantitative estimate of drug-likeness (QED) is 0.361. The Balaban J connectivity index is 1.68. The maximum Gasteiger partial charge on any atom is 0.319 e. The summed E-state index contributed by atoms with van der Waals surface area (Å²) in [4.78, 5) is 4.03. The number of thioether (sulfide) groups is 1. The Labute approximate surface area is 175 Å². The monoisotopic (exact) mass is 431 g/mol. The van der Waals surface area contributed by atoms with Gasteiger partial charge in [0, 0.05) is 18.0 Å². The smallest absolute Gasteiger partial charge is 0.297 e. The van der Waals surface area contributed by atoms with Crippen molar-refractivity contribution in [3.63, 3.8) is 0 Å². The molecule has 0 aliphatic carbocycles. The first-order chi connectivity index (χ1) is 14.1. The Morgan fingerprint density at radius 2 is 1.76 bits per heavy atom. The second kappa shape index (κ2) is 8.75. The first kappa shape index (κ1) is 19.6. The summed E-state index contributed by atoms with van der Waals surface area (Å²) in [6, 6.07) is 17.3. The Morgan fingerprint density at radius 3 is 2.52 bits per heavy atom. The number of benzene rings is 2. The lowest BCUT2D eigenvalue weighted by Crippen LogP contribution is -2.06. The second-order valence-electron chi connectivity index (χ2n) is 6.17. The number of imidazole rings is 1. The molecule has 4 aromatic rings. The molecule has 0 aliphatic rings. The highest BCUT2D eigenvalue weighted by molar-refractivity contribution is 7.98. The fraction of sp³-hybridized carbons (Fsp3) is 0.150. The lowest BCUT2D eigenvalue weighted by atomic mass is 10.2. The largest absolute Gasteiger partial charge is 0.319 e. The van der Waals surface area contributed by atoms with Crippen LogP contribution in [0.15, 0.2) is 72.1 Å². The highest BCUT2D eigenvalue weighted by atomic mass is 35.5. The van der Waals surface area contributed by atoms with Gasteiger partial charge in [-0.2, -0.15) is 8.78 Å². The van der Waals surface area contributed by atoms with E-state index in [1.165, 1.54) is 24.2 Å². The van der Waals surface area contributed by atoms with Crippen molar-refractivity contribution < 1.29 is 8.78 Å². The molecule has 0 saturated heterocycles. The number of nitrogens with zero attached hydrogens (tertiary/aromatic N) is 5. The van der Waals surface area contributed by atoms with Crippen LogP contribution in [0.3, 0.4) is 0 Å². The van der Waals surface area contributed by atoms with Crippen molar-refractivity contribution in [3.8, 4) is 11.4 Å². The van der Waals surface area contributed by atoms with Gasteiger partial charge in [0.15, 0.2) is 11.0 Å². The molecule has 29 heavy (non-hydrogen) atoms. The topological polar surface area (TPSA) is 48.5 Å². The number of alkyl halides is 2. The van der Waals surface area contributed by atoms with E-state index in [2.05, 4.69) is 15.2 Å². The Morgan fingerprint density at radius 1 is 1.00 bits per heavy atom. The molecule has 0 fully saturated rings. The van der Waals surface area contributed by atoms with E-state index in [9.17, 15) is 8.78 Å². The zero-order chi connectivity index (χ0) is 20.2. The maximum atomic E-state index is 13.1. The molecule has 0 saturated carbocycles. The third kappa shape index (κ3) is 4.33. The summed E-state index contributed by atoms with van der Waals surface area (Å²) in [6.07, 6.45) is 2.64. The Hall–Kier alpha value is -2.71. The SMILES string of the molecule is FC(F)n1ccnc1CSc1nnc(-c2ccccc2Cl)n1Cc1ccccc1. The van der Waals surface area contributed by atoms with E-state index >= 15 is 0 Å². The van der Waals surface area contributed by atoms with Crippen molar-refractivity contribution in [1.29, 1.82) is 0 Å². The van der Waals surface area contributed by atoms with Gasteiger partial charge in [-0.3, -0.25) is 9.13 Å². The predicted octanol–water partition coefficient (Wildman–Crippen LogP) is 5.53. The standard InChI is InChI=1S/C20H16ClF2N5S/c21-16-9-5-4-8-15(16)18-25-26-20(28(18)12-14-6-2-1-3-7-14)29-13-17-24-10-11-27(17)19(22)23/h1-11,19H,12-13H2. The van der Waals surface area contributed by atoms with Crippen molar-refractivity contribution in [2.24, 2.45) is 0 Å². The fourth-order valence-corrected chi connectivity index (χ4v) is 4.02. The lowest BCUT2D eigenvalue weighted by molar-refractivity contribution is 0.0678. The lowest BCUT2D eigenvalue weighted by Gasteiger charge is -2.11. The molecule has 148 valence electrons. The van der Waals surface area contributed by atoms with Crippen LogP contribution >= 0.6 is 23.4 Å². The molecule has 0 aliphatic heterocycles. The van der Waals surface area contributed by atoms with Gasteiger partial charge in [-0.05, 0) is 17.7 Å². The van der Waals surface area contributed by atoms with E-state index in [4.69, 9.17) is 11.6 Å². The van der Waals surface area contributed by atoms with E-state index in [0.717, 1.165) is 15.7 Å². The summed E-state index contributed by atoms with van der Waals surface area (Å²) in [5, 5.41) is 9.80. The van der Waals surface area contributed by atoms with Gasteiger partial charge in [0.1, 0.15) is 5.82 Å². The van der Waals surface area contributed by atoms with Gasteiger partial charge in [0.2, 0.25) is 0 Å². The molecular formula is C20H16ClF2N5S. The summed E-state index contributed by atoms with van der Waals surface area (Å²) in [6.45, 7) is -2.10. The van der Waals surface area contributed by atoms with Crippen LogP contribution in [-0.4, -0.2) is 24.3 Å². The van der Waals surface area contributed by atoms with Crippen LogP contribution in [0.2, 0.25) is 5.02 Å². The second-order valence-corrected chi connectivity index (χ2v) is 7.52. The summed E-state index contributed by atoms with van der Waals surface area (Å²) in [7, 11) is 0. The number of aromatic nitrogens is 5. The fourth-order valence-electron chi connectivity index (χ4n) is 2.91. The van der Waals surface area contributed by atoms with Crippen LogP contribution in [0.4, 0.5) is 8.78 Å². The van der Waals surface area contributed by atoms with E-state index in [1.54, 1.807) is 6.07 Å². The van der Waals surface area contributed by atoms with Crippen LogP contribution in [0.25, 0.3) is 11.4 Å². The minimum absolute atomic E-state index is 0.243. The molecule has 0 amide bonds. The molecule has 0 bridgehead atoms. The van der Waals surface area contributed by atoms with Gasteiger partial charge >= 0.3 is 6.55 Å². The average Bonchev–Trinajstić information content (AvgIpc) is 3.35. The Bertz CT molecular complexity index is 1100. The highest BCUT2D eigenvalue weighted by Crippen LogP contribution is 2.31. The van der Waals surface area contributed by atoms with Crippen LogP contribution in [0, 0.1) is 0 Å². The normalized spacial score (nSPS) is 11.3. The Kier molecular flexibility index (Phi) is 5.92. The van der Waals surface area contributed by atoms with Crippen molar-refractivity contribution in [2.75, 3.05) is 0 Å². The average molecular weight is 432 g/mol. The van der Waals surface area contributed by atoms with Crippen molar-refractivity contribution in [2.45, 2.75) is 24.0 Å². The van der Waals surface area contributed by atoms with Gasteiger partial charge in [-0.1, -0.05) is 65.8 Å². The summed E-state index contributed by atoms with van der Waals surface area (Å²) in [5.41, 5.74) is 1.83. The van der Waals surface area contributed by atoms with Crippen molar-refractivity contribution >= 4 is 23.4 Å². The molecular weight excluding hydrogens is 416 g/mol. The van der Waals surface area contributed by atoms with Crippen LogP contribution in [0.5, 0.6) is 0 Å². The van der Waals surface area contributed by atoms with Gasteiger partial charge < -0.3 is 0 Å². The zero-order valence-electron chi connectivity index (χ0n) is 15.1. The van der Waals surface area contributed by atoms with Crippen molar-refractivity contribution in [1.82, 2.24) is 24.3 Å². The molecule has 4 rings (SSSR count). The molecule has 0 unspecified atom stereocenters. The maximum absolute atomic E-state index is 13.1. The van der Waals surface area contributed by atoms with Gasteiger partial charge in [-0.25, -0.2) is 4.98 Å². The molecule has 2 aromatic heterocycles. The number of hydrogen-bond acceptors (Lipinski definition) is 4. The third-order valence-corrected chi connectivity index (χ3v) is 5.60. The minimum atomic E-state index is -2.63. The molecule has 0 radical (unpaired) electrons.